The molecule has 0 saturated carbocycles. The molecule has 4 amide bonds. The van der Waals surface area contributed by atoms with Crippen LogP contribution in [0.5, 0.6) is 0 Å². The van der Waals surface area contributed by atoms with E-state index in [-0.39, 0.29) is 82.3 Å². The van der Waals surface area contributed by atoms with Gasteiger partial charge in [-0.25, -0.2) is 0 Å². The lowest BCUT2D eigenvalue weighted by atomic mass is 9.98. The maximum atomic E-state index is 13.0. The minimum Gasteiger partial charge on any atom is -0.376 e. The monoisotopic (exact) mass is 882 g/mol. The van der Waals surface area contributed by atoms with Gasteiger partial charge < -0.3 is 41.4 Å². The second-order valence-corrected chi connectivity index (χ2v) is 20.2. The Labute approximate surface area is 374 Å². The molecule has 4 heterocycles. The van der Waals surface area contributed by atoms with Gasteiger partial charge in [0.25, 0.3) is 11.8 Å². The van der Waals surface area contributed by atoms with E-state index >= 15 is 0 Å². The molecule has 0 bridgehead atoms. The number of thioether (sulfide) groups is 2. The van der Waals surface area contributed by atoms with E-state index in [1.165, 1.54) is 9.79 Å². The lowest BCUT2D eigenvalue weighted by Gasteiger charge is -2.33. The summed E-state index contributed by atoms with van der Waals surface area (Å²) in [6.07, 6.45) is 14.6. The van der Waals surface area contributed by atoms with E-state index in [1.807, 2.05) is 62.4 Å². The van der Waals surface area contributed by atoms with Crippen molar-refractivity contribution in [2.45, 2.75) is 136 Å². The van der Waals surface area contributed by atoms with Crippen LogP contribution in [0.2, 0.25) is 0 Å². The first-order valence-electron chi connectivity index (χ1n) is 22.1. The van der Waals surface area contributed by atoms with E-state index in [0.29, 0.717) is 37.2 Å². The Morgan fingerprint density at radius 3 is 1.42 bits per heavy atom. The highest BCUT2D eigenvalue weighted by Crippen LogP contribution is 2.41. The number of hydrogen-bond acceptors (Lipinski definition) is 10. The highest BCUT2D eigenvalue weighted by Gasteiger charge is 2.34. The Kier molecular flexibility index (Phi) is 15.3. The van der Waals surface area contributed by atoms with Gasteiger partial charge in [0, 0.05) is 45.5 Å². The first-order chi connectivity index (χ1) is 29.8. The Bertz CT molecular complexity index is 1940. The number of fused-ring (bicyclic) bond motifs is 4. The zero-order valence-electron chi connectivity index (χ0n) is 36.5. The summed E-state index contributed by atoms with van der Waals surface area (Å²) >= 11 is 3.60. The van der Waals surface area contributed by atoms with Gasteiger partial charge in [-0.05, 0) is 87.8 Å². The summed E-state index contributed by atoms with van der Waals surface area (Å²) in [6, 6.07) is 15.4. The van der Waals surface area contributed by atoms with Gasteiger partial charge in [-0.2, -0.15) is 0 Å². The maximum absolute atomic E-state index is 13.0. The SMILES string of the molecule is CC(C)C[C@H](NC(=O)C1=CC2Nc3ccccc3SC2C=C1)C(=O)N[C@H]1CCO[C@@H]1C.CC(C)C[C@H](NC(=O)C1=CC2Nc3ccccc3SC2C=C1)C(=O)N[C@H]1CCO[C@H]1C. The Hall–Kier alpha value is -4.50. The minimum absolute atomic E-state index is 0.00183. The Morgan fingerprint density at radius 2 is 1.05 bits per heavy atom. The van der Waals surface area contributed by atoms with Gasteiger partial charge in [0.05, 0.1) is 46.9 Å². The summed E-state index contributed by atoms with van der Waals surface area (Å²) in [4.78, 5) is 54.4. The molecule has 4 unspecified atom stereocenters. The zero-order chi connectivity index (χ0) is 43.9. The van der Waals surface area contributed by atoms with Crippen LogP contribution >= 0.6 is 23.5 Å². The third-order valence-electron chi connectivity index (χ3n) is 11.9. The molecule has 4 aliphatic heterocycles. The molecule has 2 aliphatic carbocycles. The van der Waals surface area contributed by atoms with Gasteiger partial charge in [-0.15, -0.1) is 23.5 Å². The number of rotatable bonds is 12. The van der Waals surface area contributed by atoms with E-state index in [9.17, 15) is 19.2 Å². The van der Waals surface area contributed by atoms with Crippen LogP contribution in [0.4, 0.5) is 11.4 Å². The fourth-order valence-corrected chi connectivity index (χ4v) is 10.7. The Balaban J connectivity index is 0.000000186. The van der Waals surface area contributed by atoms with Crippen LogP contribution in [0.1, 0.15) is 67.2 Å². The number of carbonyl (C=O) groups is 4. The topological polar surface area (TPSA) is 159 Å². The van der Waals surface area contributed by atoms with Crippen LogP contribution in [0.15, 0.2) is 106 Å². The molecule has 8 rings (SSSR count). The van der Waals surface area contributed by atoms with E-state index in [0.717, 1.165) is 24.2 Å². The second kappa shape index (κ2) is 20.8. The van der Waals surface area contributed by atoms with Gasteiger partial charge in [0.2, 0.25) is 11.8 Å². The van der Waals surface area contributed by atoms with E-state index in [4.69, 9.17) is 9.47 Å². The van der Waals surface area contributed by atoms with Crippen molar-refractivity contribution in [1.29, 1.82) is 0 Å². The quantitative estimate of drug-likeness (QED) is 0.139. The van der Waals surface area contributed by atoms with Crippen LogP contribution in [0.25, 0.3) is 0 Å². The minimum atomic E-state index is -0.568. The number of benzene rings is 2. The molecular formula is C48H62N6O6S2. The van der Waals surface area contributed by atoms with E-state index in [1.54, 1.807) is 23.5 Å². The van der Waals surface area contributed by atoms with Crippen LogP contribution in [0.3, 0.4) is 0 Å². The molecule has 2 saturated heterocycles. The van der Waals surface area contributed by atoms with E-state index in [2.05, 4.69) is 96.0 Å². The molecule has 0 spiro atoms. The van der Waals surface area contributed by atoms with Crippen molar-refractivity contribution in [1.82, 2.24) is 21.3 Å². The van der Waals surface area contributed by atoms with Crippen molar-refractivity contribution in [3.05, 3.63) is 96.1 Å². The number of carbonyl (C=O) groups excluding carboxylic acids is 4. The van der Waals surface area contributed by atoms with Crippen LogP contribution < -0.4 is 31.9 Å². The molecule has 6 N–H and O–H groups in total. The maximum Gasteiger partial charge on any atom is 0.251 e. The molecule has 62 heavy (non-hydrogen) atoms. The third-order valence-corrected chi connectivity index (χ3v) is 14.6. The summed E-state index contributed by atoms with van der Waals surface area (Å²) in [5, 5.41) is 19.6. The molecule has 2 aromatic rings. The van der Waals surface area contributed by atoms with Gasteiger partial charge in [-0.1, -0.05) is 76.3 Å². The van der Waals surface area contributed by atoms with Gasteiger partial charge in [0.1, 0.15) is 12.1 Å². The number of nitrogens with one attached hydrogen (secondary N) is 6. The average Bonchev–Trinajstić information content (AvgIpc) is 3.86. The summed E-state index contributed by atoms with van der Waals surface area (Å²) in [7, 11) is 0. The first-order valence-corrected chi connectivity index (χ1v) is 23.9. The van der Waals surface area contributed by atoms with Crippen molar-refractivity contribution in [3.63, 3.8) is 0 Å². The van der Waals surface area contributed by atoms with Gasteiger partial charge in [-0.3, -0.25) is 19.2 Å². The standard InChI is InChI=1S/2C24H31N3O3S/c2*1-14(2)12-20(24(29)26-17-10-11-30-15(17)3)27-23(28)16-8-9-22-19(13-16)25-18-6-4-5-7-21(18)31-22/h2*4-9,13-15,17,19-20,22,25H,10-12H2,1-3H3,(H,26,29)(H,27,28)/t15-,17+,19?,20+,22?;15-,17-,19?,20-,22?/m10/s1. The largest absolute Gasteiger partial charge is 0.376 e. The number of hydrogen-bond donors (Lipinski definition) is 6. The van der Waals surface area contributed by atoms with Crippen molar-refractivity contribution in [2.24, 2.45) is 11.8 Å². The summed E-state index contributed by atoms with van der Waals surface area (Å²) in [6.45, 7) is 13.5. The predicted molar refractivity (Wildman–Crippen MR) is 248 cm³/mol. The van der Waals surface area contributed by atoms with Gasteiger partial charge >= 0.3 is 0 Å². The average molecular weight is 883 g/mol. The molecule has 332 valence electrons. The summed E-state index contributed by atoms with van der Waals surface area (Å²) in [5.74, 6) is -0.136. The highest BCUT2D eigenvalue weighted by molar-refractivity contribution is 8.00. The number of anilines is 2. The number of ether oxygens (including phenoxy) is 2. The van der Waals surface area contributed by atoms with Crippen LogP contribution in [-0.4, -0.2) is 95.8 Å². The van der Waals surface area contributed by atoms with Crippen molar-refractivity contribution in [3.8, 4) is 0 Å². The Morgan fingerprint density at radius 1 is 0.645 bits per heavy atom. The number of amides is 4. The smallest absolute Gasteiger partial charge is 0.251 e. The highest BCUT2D eigenvalue weighted by atomic mass is 32.2. The third kappa shape index (κ3) is 11.5. The fraction of sp³-hybridized carbons (Fsp3) is 0.500. The molecule has 0 radical (unpaired) electrons. The number of para-hydroxylation sites is 2. The molecule has 6 aliphatic rings. The van der Waals surface area contributed by atoms with Crippen molar-refractivity contribution >= 4 is 58.5 Å². The molecule has 0 aromatic heterocycles. The normalized spacial score (nSPS) is 27.5. The predicted octanol–water partition coefficient (Wildman–Crippen LogP) is 6.52. The van der Waals surface area contributed by atoms with Crippen molar-refractivity contribution in [2.75, 3.05) is 23.8 Å². The van der Waals surface area contributed by atoms with E-state index < -0.39 is 12.1 Å². The molecule has 10 atom stereocenters. The van der Waals surface area contributed by atoms with Crippen LogP contribution in [-0.2, 0) is 28.7 Å². The lowest BCUT2D eigenvalue weighted by molar-refractivity contribution is -0.128. The molecule has 12 nitrogen and oxygen atoms in total. The molecular weight excluding hydrogens is 821 g/mol. The summed E-state index contributed by atoms with van der Waals surface area (Å²) < 4.78 is 11.1. The van der Waals surface area contributed by atoms with Crippen molar-refractivity contribution < 1.29 is 28.7 Å². The first kappa shape index (κ1) is 45.5. The summed E-state index contributed by atoms with van der Waals surface area (Å²) in [5.41, 5.74) is 3.36. The van der Waals surface area contributed by atoms with Crippen LogP contribution in [0, 0.1) is 11.8 Å². The molecule has 2 fully saturated rings. The molecule has 14 heteroatoms. The fourth-order valence-electron chi connectivity index (χ4n) is 8.43. The molecule has 2 aromatic carbocycles. The zero-order valence-corrected chi connectivity index (χ0v) is 38.2. The lowest BCUT2D eigenvalue weighted by Crippen LogP contribution is -2.52. The van der Waals surface area contributed by atoms with Gasteiger partial charge in [0.15, 0.2) is 0 Å². The second-order valence-electron chi connectivity index (χ2n) is 17.7.